The first-order chi connectivity index (χ1) is 16.2. The fourth-order valence-corrected chi connectivity index (χ4v) is 3.79. The molecule has 8 heteroatoms. The summed E-state index contributed by atoms with van der Waals surface area (Å²) in [5.74, 6) is 0.619. The minimum atomic E-state index is -0.182. The van der Waals surface area contributed by atoms with Crippen molar-refractivity contribution >= 4 is 16.7 Å². The predicted octanol–water partition coefficient (Wildman–Crippen LogP) is 3.82. The number of pyridine rings is 1. The van der Waals surface area contributed by atoms with E-state index in [1.54, 1.807) is 31.5 Å². The Labute approximate surface area is 189 Å². The summed E-state index contributed by atoms with van der Waals surface area (Å²) in [6, 6.07) is 21.2. The number of rotatable bonds is 6. The van der Waals surface area contributed by atoms with Crippen molar-refractivity contribution in [3.63, 3.8) is 0 Å². The molecule has 0 spiro atoms. The Morgan fingerprint density at radius 2 is 1.94 bits per heavy atom. The maximum absolute atomic E-state index is 12.8. The summed E-state index contributed by atoms with van der Waals surface area (Å²) in [4.78, 5) is 17.1. The van der Waals surface area contributed by atoms with Crippen molar-refractivity contribution in [1.29, 1.82) is 0 Å². The number of benzene rings is 3. The third kappa shape index (κ3) is 4.14. The minimum Gasteiger partial charge on any atom is -0.497 e. The summed E-state index contributed by atoms with van der Waals surface area (Å²) < 4.78 is 6.89. The second-order valence-electron chi connectivity index (χ2n) is 7.41. The van der Waals surface area contributed by atoms with Gasteiger partial charge in [-0.1, -0.05) is 30.3 Å². The molecule has 8 nitrogen and oxygen atoms in total. The average Bonchev–Trinajstić information content (AvgIpc) is 3.42. The van der Waals surface area contributed by atoms with E-state index in [4.69, 9.17) is 4.74 Å². The standard InChI is InChI=1S/C25H20N6O2/c1-33-21-7-3-4-17(13-21)22-9-8-19(24-15-26-11-10-23(22)24)14-27-25(32)18-5-2-6-20(12-18)31-16-28-29-30-31/h2-13,15-16H,14H2,1H3,(H,27,32). The number of hydrogen-bond acceptors (Lipinski definition) is 6. The van der Waals surface area contributed by atoms with Crippen LogP contribution in [0, 0.1) is 0 Å². The molecule has 162 valence electrons. The molecule has 0 aliphatic heterocycles. The van der Waals surface area contributed by atoms with Gasteiger partial charge in [-0.2, -0.15) is 0 Å². The van der Waals surface area contributed by atoms with Crippen LogP contribution >= 0.6 is 0 Å². The third-order valence-electron chi connectivity index (χ3n) is 5.45. The molecule has 0 bridgehead atoms. The first kappa shape index (κ1) is 20.3. The molecular formula is C25H20N6O2. The molecule has 0 aliphatic rings. The van der Waals surface area contributed by atoms with Crippen LogP contribution in [0.5, 0.6) is 5.75 Å². The molecule has 2 heterocycles. The van der Waals surface area contributed by atoms with Gasteiger partial charge in [0.25, 0.3) is 5.91 Å². The molecule has 1 amide bonds. The highest BCUT2D eigenvalue weighted by Gasteiger charge is 2.12. The second-order valence-corrected chi connectivity index (χ2v) is 7.41. The molecule has 1 N–H and O–H groups in total. The lowest BCUT2D eigenvalue weighted by Gasteiger charge is -2.13. The van der Waals surface area contributed by atoms with Crippen LogP contribution in [-0.2, 0) is 6.54 Å². The lowest BCUT2D eigenvalue weighted by Crippen LogP contribution is -2.23. The van der Waals surface area contributed by atoms with Crippen molar-refractivity contribution in [2.24, 2.45) is 0 Å². The minimum absolute atomic E-state index is 0.182. The molecule has 0 atom stereocenters. The highest BCUT2D eigenvalue weighted by atomic mass is 16.5. The quantitative estimate of drug-likeness (QED) is 0.435. The summed E-state index contributed by atoms with van der Waals surface area (Å²) in [6.07, 6.45) is 5.09. The van der Waals surface area contributed by atoms with Crippen molar-refractivity contribution in [1.82, 2.24) is 30.5 Å². The van der Waals surface area contributed by atoms with Gasteiger partial charge in [0.2, 0.25) is 0 Å². The molecule has 0 fully saturated rings. The molecule has 2 aromatic heterocycles. The van der Waals surface area contributed by atoms with E-state index in [-0.39, 0.29) is 5.91 Å². The van der Waals surface area contributed by atoms with Gasteiger partial charge in [-0.15, -0.1) is 5.10 Å². The molecule has 0 saturated heterocycles. The van der Waals surface area contributed by atoms with Crippen LogP contribution in [-0.4, -0.2) is 38.2 Å². The lowest BCUT2D eigenvalue weighted by atomic mass is 9.96. The Morgan fingerprint density at radius 1 is 1.03 bits per heavy atom. The Bertz CT molecular complexity index is 1430. The van der Waals surface area contributed by atoms with E-state index >= 15 is 0 Å². The zero-order valence-corrected chi connectivity index (χ0v) is 17.8. The monoisotopic (exact) mass is 436 g/mol. The van der Waals surface area contributed by atoms with E-state index in [1.807, 2.05) is 42.6 Å². The number of carbonyl (C=O) groups is 1. The van der Waals surface area contributed by atoms with Crippen molar-refractivity contribution in [2.45, 2.75) is 6.54 Å². The van der Waals surface area contributed by atoms with E-state index in [9.17, 15) is 4.79 Å². The number of methoxy groups -OCH3 is 1. The Hall–Kier alpha value is -4.59. The van der Waals surface area contributed by atoms with Gasteiger partial charge >= 0.3 is 0 Å². The normalized spacial score (nSPS) is 10.8. The maximum Gasteiger partial charge on any atom is 0.251 e. The largest absolute Gasteiger partial charge is 0.497 e. The summed E-state index contributed by atoms with van der Waals surface area (Å²) in [5, 5.41) is 16.2. The van der Waals surface area contributed by atoms with E-state index < -0.39 is 0 Å². The molecular weight excluding hydrogens is 416 g/mol. The number of ether oxygens (including phenoxy) is 1. The van der Waals surface area contributed by atoms with Crippen LogP contribution < -0.4 is 10.1 Å². The highest BCUT2D eigenvalue weighted by Crippen LogP contribution is 2.32. The van der Waals surface area contributed by atoms with Crippen LogP contribution in [0.4, 0.5) is 0 Å². The Balaban J connectivity index is 1.41. The fraction of sp³-hybridized carbons (Fsp3) is 0.0800. The van der Waals surface area contributed by atoms with Crippen LogP contribution in [0.2, 0.25) is 0 Å². The van der Waals surface area contributed by atoms with Gasteiger partial charge in [0.05, 0.1) is 12.8 Å². The zero-order valence-electron chi connectivity index (χ0n) is 17.8. The molecule has 3 aromatic carbocycles. The first-order valence-corrected chi connectivity index (χ1v) is 10.3. The van der Waals surface area contributed by atoms with Gasteiger partial charge in [-0.25, -0.2) is 4.68 Å². The summed E-state index contributed by atoms with van der Waals surface area (Å²) >= 11 is 0. The smallest absolute Gasteiger partial charge is 0.251 e. The second kappa shape index (κ2) is 8.88. The molecule has 0 saturated carbocycles. The number of hydrogen-bond donors (Lipinski definition) is 1. The van der Waals surface area contributed by atoms with Gasteiger partial charge in [-0.05, 0) is 68.9 Å². The number of nitrogens with one attached hydrogen (secondary N) is 1. The summed E-state index contributed by atoms with van der Waals surface area (Å²) in [5.41, 5.74) is 4.36. The number of aromatic nitrogens is 5. The molecule has 5 aromatic rings. The first-order valence-electron chi connectivity index (χ1n) is 10.3. The zero-order chi connectivity index (χ0) is 22.6. The van der Waals surface area contributed by atoms with Crippen molar-refractivity contribution < 1.29 is 9.53 Å². The topological polar surface area (TPSA) is 94.8 Å². The van der Waals surface area contributed by atoms with E-state index in [0.29, 0.717) is 17.8 Å². The summed E-state index contributed by atoms with van der Waals surface area (Å²) in [6.45, 7) is 0.370. The van der Waals surface area contributed by atoms with Gasteiger partial charge in [-0.3, -0.25) is 9.78 Å². The van der Waals surface area contributed by atoms with Gasteiger partial charge in [0, 0.05) is 29.9 Å². The lowest BCUT2D eigenvalue weighted by molar-refractivity contribution is 0.0951. The average molecular weight is 436 g/mol. The number of tetrazole rings is 1. The van der Waals surface area contributed by atoms with Crippen molar-refractivity contribution in [2.75, 3.05) is 7.11 Å². The van der Waals surface area contributed by atoms with Gasteiger partial charge in [0.15, 0.2) is 0 Å². The van der Waals surface area contributed by atoms with Crippen LogP contribution in [0.25, 0.3) is 27.6 Å². The van der Waals surface area contributed by atoms with E-state index in [2.05, 4.69) is 38.0 Å². The van der Waals surface area contributed by atoms with Crippen LogP contribution in [0.3, 0.4) is 0 Å². The Kier molecular flexibility index (Phi) is 5.47. The van der Waals surface area contributed by atoms with Gasteiger partial charge < -0.3 is 10.1 Å². The molecule has 0 aliphatic carbocycles. The van der Waals surface area contributed by atoms with Gasteiger partial charge in [0.1, 0.15) is 12.1 Å². The maximum atomic E-state index is 12.8. The van der Waals surface area contributed by atoms with Crippen LogP contribution in [0.15, 0.2) is 85.5 Å². The number of nitrogens with zero attached hydrogens (tertiary/aromatic N) is 5. The summed E-state index contributed by atoms with van der Waals surface area (Å²) in [7, 11) is 1.66. The van der Waals surface area contributed by atoms with E-state index in [0.717, 1.165) is 33.2 Å². The van der Waals surface area contributed by atoms with Crippen molar-refractivity contribution in [3.05, 3.63) is 96.6 Å². The van der Waals surface area contributed by atoms with Crippen LogP contribution in [0.1, 0.15) is 15.9 Å². The highest BCUT2D eigenvalue weighted by molar-refractivity contribution is 5.99. The Morgan fingerprint density at radius 3 is 2.79 bits per heavy atom. The SMILES string of the molecule is COc1cccc(-c2ccc(CNC(=O)c3cccc(-n4cnnn4)c3)c3cnccc23)c1. The molecule has 5 rings (SSSR count). The molecule has 0 unspecified atom stereocenters. The third-order valence-corrected chi connectivity index (χ3v) is 5.45. The fourth-order valence-electron chi connectivity index (χ4n) is 3.79. The van der Waals surface area contributed by atoms with E-state index in [1.165, 1.54) is 11.0 Å². The molecule has 0 radical (unpaired) electrons. The number of carbonyl (C=O) groups excluding carboxylic acids is 1. The predicted molar refractivity (Wildman–Crippen MR) is 124 cm³/mol. The number of amides is 1. The number of fused-ring (bicyclic) bond motifs is 1. The van der Waals surface area contributed by atoms with Crippen molar-refractivity contribution in [3.8, 4) is 22.6 Å². The molecule has 33 heavy (non-hydrogen) atoms.